The number of aliphatic hydroxyl groups is 2. The summed E-state index contributed by atoms with van der Waals surface area (Å²) in [7, 11) is -4.26. The van der Waals surface area contributed by atoms with E-state index in [0.717, 1.165) is 0 Å². The van der Waals surface area contributed by atoms with Gasteiger partial charge in [0.1, 0.15) is 29.8 Å². The Morgan fingerprint density at radius 2 is 2.00 bits per heavy atom. The second-order valence-corrected chi connectivity index (χ2v) is 11.2. The van der Waals surface area contributed by atoms with E-state index in [9.17, 15) is 24.4 Å². The number of fused-ring (bicyclic) bond motifs is 3. The fourth-order valence-corrected chi connectivity index (χ4v) is 5.82. The van der Waals surface area contributed by atoms with Crippen LogP contribution in [0.15, 0.2) is 54.9 Å². The summed E-state index contributed by atoms with van der Waals surface area (Å²) >= 11 is 0. The first-order chi connectivity index (χ1) is 17.8. The molecular weight excluding hydrogens is 521 g/mol. The number of esters is 1. The zero-order valence-electron chi connectivity index (χ0n) is 21.4. The third-order valence-corrected chi connectivity index (χ3v) is 7.82. The summed E-state index contributed by atoms with van der Waals surface area (Å²) in [6.45, 7) is 9.51. The van der Waals surface area contributed by atoms with Crippen LogP contribution in [0.3, 0.4) is 0 Å². The van der Waals surface area contributed by atoms with E-state index in [2.05, 4.69) is 17.0 Å². The number of ether oxygens (including phenoxy) is 3. The molecule has 13 nitrogen and oxygen atoms in total. The Labute approximate surface area is 219 Å². The minimum absolute atomic E-state index is 0.194. The molecule has 4 N–H and O–H groups in total. The lowest BCUT2D eigenvalue weighted by atomic mass is 9.89. The summed E-state index contributed by atoms with van der Waals surface area (Å²) in [6.07, 6.45) is -1.94. The number of carbonyl (C=O) groups excluding carboxylic acids is 2. The zero-order chi connectivity index (χ0) is 27.9. The van der Waals surface area contributed by atoms with Crippen LogP contribution in [-0.4, -0.2) is 75.6 Å². The molecule has 1 amide bonds. The van der Waals surface area contributed by atoms with Crippen LogP contribution in [0, 0.1) is 0 Å². The molecule has 38 heavy (non-hydrogen) atoms. The van der Waals surface area contributed by atoms with E-state index in [-0.39, 0.29) is 11.5 Å². The van der Waals surface area contributed by atoms with Crippen molar-refractivity contribution in [3.05, 3.63) is 54.9 Å². The van der Waals surface area contributed by atoms with E-state index in [1.165, 1.54) is 31.0 Å². The first-order valence-electron chi connectivity index (χ1n) is 12.0. The fraction of sp³-hybridized carbons (Fsp3) is 0.500. The molecule has 0 aromatic heterocycles. The Morgan fingerprint density at radius 1 is 1.32 bits per heavy atom. The van der Waals surface area contributed by atoms with Crippen LogP contribution in [0.2, 0.25) is 0 Å². The molecule has 1 aromatic carbocycles. The molecular formula is C24H32N3O10P. The number of para-hydroxylation sites is 1. The van der Waals surface area contributed by atoms with Gasteiger partial charge in [0.2, 0.25) is 5.91 Å². The highest BCUT2D eigenvalue weighted by molar-refractivity contribution is 7.52. The number of nitrogens with one attached hydrogen (secondary N) is 2. The van der Waals surface area contributed by atoms with Crippen molar-refractivity contribution < 1.29 is 47.6 Å². The molecule has 0 saturated carbocycles. The van der Waals surface area contributed by atoms with E-state index >= 15 is 0 Å². The number of amides is 1. The lowest BCUT2D eigenvalue weighted by Crippen LogP contribution is -2.72. The number of carbonyl (C=O) groups is 2. The smallest absolute Gasteiger partial charge is 0.459 e. The van der Waals surface area contributed by atoms with Gasteiger partial charge in [-0.3, -0.25) is 24.3 Å². The monoisotopic (exact) mass is 553 g/mol. The number of hydrogen-bond acceptors (Lipinski definition) is 11. The van der Waals surface area contributed by atoms with Gasteiger partial charge in [-0.1, -0.05) is 24.8 Å². The van der Waals surface area contributed by atoms with Crippen LogP contribution in [0.4, 0.5) is 0 Å². The van der Waals surface area contributed by atoms with Gasteiger partial charge >= 0.3 is 13.7 Å². The summed E-state index contributed by atoms with van der Waals surface area (Å²) in [5.41, 5.74) is -2.12. The highest BCUT2D eigenvalue weighted by atomic mass is 31.2. The lowest BCUT2D eigenvalue weighted by Gasteiger charge is -2.53. The van der Waals surface area contributed by atoms with Crippen LogP contribution in [0.1, 0.15) is 27.7 Å². The normalized spacial score (nSPS) is 32.5. The zero-order valence-corrected chi connectivity index (χ0v) is 22.3. The quantitative estimate of drug-likeness (QED) is 0.255. The highest BCUT2D eigenvalue weighted by Crippen LogP contribution is 2.49. The second kappa shape index (κ2) is 10.3. The van der Waals surface area contributed by atoms with Gasteiger partial charge in [0.05, 0.1) is 12.7 Å². The number of nitrogens with zero attached hydrogens (tertiary/aromatic N) is 1. The Bertz CT molecular complexity index is 1160. The first kappa shape index (κ1) is 28.1. The van der Waals surface area contributed by atoms with Crippen molar-refractivity contribution in [1.82, 2.24) is 15.3 Å². The summed E-state index contributed by atoms with van der Waals surface area (Å²) in [5.74, 6) is -2.59. The molecule has 4 rings (SSSR count). The molecule has 1 aromatic rings. The van der Waals surface area contributed by atoms with Crippen molar-refractivity contribution in [3.63, 3.8) is 0 Å². The fourth-order valence-electron chi connectivity index (χ4n) is 4.32. The minimum Gasteiger partial charge on any atom is -0.462 e. The predicted molar refractivity (Wildman–Crippen MR) is 132 cm³/mol. The molecule has 7 atom stereocenters. The van der Waals surface area contributed by atoms with Crippen molar-refractivity contribution in [2.24, 2.45) is 0 Å². The van der Waals surface area contributed by atoms with Crippen molar-refractivity contribution in [1.29, 1.82) is 0 Å². The molecule has 2 saturated heterocycles. The van der Waals surface area contributed by atoms with Gasteiger partial charge in [-0.25, -0.2) is 4.57 Å². The standard InChI is InChI=1S/C24H32N3O10P/c1-14(2)34-21(30)15(3)26-38(32,37-17-9-7-6-8-10-17)33-13-18-20(29)24(31)16(4)36-23(5)25-19(28)11-12-27(23)22(24)35-18/h6-12,14-15,18,20,22,29,31H,4,13H2,1-3,5H3,(H,25,28)(H,26,32)/t15-,18+,20+,22+,23?,24+,38-/m0/s1. The molecule has 14 heteroatoms. The third kappa shape index (κ3) is 5.31. The van der Waals surface area contributed by atoms with Crippen LogP contribution in [0.5, 0.6) is 5.75 Å². The summed E-state index contributed by atoms with van der Waals surface area (Å²) in [6, 6.07) is 7.07. The number of aliphatic hydroxyl groups excluding tert-OH is 1. The van der Waals surface area contributed by atoms with E-state index < -0.39 is 68.3 Å². The summed E-state index contributed by atoms with van der Waals surface area (Å²) in [5, 5.41) is 27.6. The maximum Gasteiger partial charge on any atom is 0.459 e. The molecule has 3 heterocycles. The van der Waals surface area contributed by atoms with Crippen molar-refractivity contribution in [2.75, 3.05) is 6.61 Å². The van der Waals surface area contributed by atoms with Gasteiger partial charge in [0.25, 0.3) is 5.85 Å². The molecule has 208 valence electrons. The Balaban J connectivity index is 1.54. The number of rotatable bonds is 9. The van der Waals surface area contributed by atoms with Gasteiger partial charge in [-0.05, 0) is 32.9 Å². The Morgan fingerprint density at radius 3 is 2.66 bits per heavy atom. The van der Waals surface area contributed by atoms with E-state index in [0.29, 0.717) is 0 Å². The summed E-state index contributed by atoms with van der Waals surface area (Å²) in [4.78, 5) is 25.6. The van der Waals surface area contributed by atoms with Gasteiger partial charge in [0.15, 0.2) is 11.8 Å². The largest absolute Gasteiger partial charge is 0.462 e. The van der Waals surface area contributed by atoms with Gasteiger partial charge in [0, 0.05) is 19.2 Å². The third-order valence-electron chi connectivity index (χ3n) is 6.17. The highest BCUT2D eigenvalue weighted by Gasteiger charge is 2.67. The predicted octanol–water partition coefficient (Wildman–Crippen LogP) is 1.10. The number of hydrogen-bond donors (Lipinski definition) is 4. The first-order valence-corrected chi connectivity index (χ1v) is 13.5. The molecule has 0 aliphatic carbocycles. The van der Waals surface area contributed by atoms with Gasteiger partial charge in [-0.2, -0.15) is 5.09 Å². The molecule has 2 fully saturated rings. The molecule has 0 radical (unpaired) electrons. The van der Waals surface area contributed by atoms with Crippen LogP contribution >= 0.6 is 7.75 Å². The average molecular weight is 554 g/mol. The molecule has 0 bridgehead atoms. The van der Waals surface area contributed by atoms with Crippen LogP contribution in [0.25, 0.3) is 0 Å². The average Bonchev–Trinajstić information content (AvgIpc) is 3.09. The van der Waals surface area contributed by atoms with E-state index in [1.807, 2.05) is 0 Å². The Kier molecular flexibility index (Phi) is 7.63. The SMILES string of the molecule is C=C1OC2(C)NC(=O)C=CN2[C@@H]2O[C@H](CO[P@@](=O)(N[C@@H](C)C(=O)OC(C)C)Oc3ccccc3)[C@@H](O)[C@]12O. The molecule has 1 unspecified atom stereocenters. The second-order valence-electron chi connectivity index (χ2n) is 9.55. The molecule has 3 aliphatic heterocycles. The minimum atomic E-state index is -4.26. The Hall–Kier alpha value is -2.93. The molecule has 0 spiro atoms. The maximum atomic E-state index is 13.7. The van der Waals surface area contributed by atoms with Crippen molar-refractivity contribution in [2.45, 2.75) is 69.7 Å². The van der Waals surface area contributed by atoms with Crippen LogP contribution < -0.4 is 14.9 Å². The van der Waals surface area contributed by atoms with Crippen LogP contribution in [-0.2, 0) is 32.9 Å². The summed E-state index contributed by atoms with van der Waals surface area (Å²) < 4.78 is 41.8. The number of benzene rings is 1. The van der Waals surface area contributed by atoms with Crippen molar-refractivity contribution in [3.8, 4) is 5.75 Å². The van der Waals surface area contributed by atoms with Gasteiger partial charge in [-0.15, -0.1) is 0 Å². The maximum absolute atomic E-state index is 13.7. The van der Waals surface area contributed by atoms with E-state index in [1.54, 1.807) is 44.2 Å². The van der Waals surface area contributed by atoms with E-state index in [4.69, 9.17) is 23.3 Å². The van der Waals surface area contributed by atoms with Gasteiger partial charge < -0.3 is 28.9 Å². The lowest BCUT2D eigenvalue weighted by molar-refractivity contribution is -0.269. The van der Waals surface area contributed by atoms with Crippen molar-refractivity contribution >= 4 is 19.6 Å². The topological polar surface area (TPSA) is 165 Å². The molecule has 3 aliphatic rings.